The maximum absolute atomic E-state index is 13.8. The molecule has 0 amide bonds. The summed E-state index contributed by atoms with van der Waals surface area (Å²) in [4.78, 5) is 3.49. The Labute approximate surface area is 116 Å². The number of hydrogen-bond donors (Lipinski definition) is 2. The molecule has 0 saturated carbocycles. The Morgan fingerprint density at radius 3 is 2.65 bits per heavy atom. The van der Waals surface area contributed by atoms with E-state index in [1.54, 1.807) is 18.3 Å². The molecule has 2 rings (SSSR count). The minimum atomic E-state index is -3.91. The van der Waals surface area contributed by atoms with Crippen molar-refractivity contribution in [2.75, 3.05) is 0 Å². The maximum Gasteiger partial charge on any atom is 0.243 e. The minimum absolute atomic E-state index is 0.0499. The molecule has 0 aliphatic heterocycles. The van der Waals surface area contributed by atoms with Gasteiger partial charge in [0.05, 0.1) is 0 Å². The molecule has 1 aromatic heterocycles. The molecule has 0 spiro atoms. The zero-order chi connectivity index (χ0) is 14.6. The van der Waals surface area contributed by atoms with Gasteiger partial charge in [0.25, 0.3) is 0 Å². The number of hydrogen-bond acceptors (Lipinski definition) is 4. The van der Waals surface area contributed by atoms with Crippen LogP contribution in [0.2, 0.25) is 0 Å². The molecule has 0 atom stereocenters. The summed E-state index contributed by atoms with van der Waals surface area (Å²) < 4.78 is 40.1. The minimum Gasteiger partial charge on any atom is -0.326 e. The maximum atomic E-state index is 13.8. The third-order valence-electron chi connectivity index (χ3n) is 2.71. The van der Waals surface area contributed by atoms with E-state index in [-0.39, 0.29) is 13.1 Å². The lowest BCUT2D eigenvalue weighted by atomic mass is 10.2. The smallest absolute Gasteiger partial charge is 0.243 e. The van der Waals surface area contributed by atoms with Crippen LogP contribution in [0.5, 0.6) is 0 Å². The number of halogens is 1. The largest absolute Gasteiger partial charge is 0.326 e. The summed E-state index contributed by atoms with van der Waals surface area (Å²) in [6.07, 6.45) is 3.12. The zero-order valence-corrected chi connectivity index (χ0v) is 11.4. The van der Waals surface area contributed by atoms with Gasteiger partial charge in [-0.15, -0.1) is 0 Å². The molecule has 2 aromatic rings. The highest BCUT2D eigenvalue weighted by atomic mass is 32.2. The summed E-state index contributed by atoms with van der Waals surface area (Å²) in [7, 11) is -3.91. The van der Waals surface area contributed by atoms with Crippen molar-refractivity contribution in [3.05, 3.63) is 59.7 Å². The van der Waals surface area contributed by atoms with Gasteiger partial charge in [-0.2, -0.15) is 0 Å². The molecule has 0 aliphatic carbocycles. The molecule has 7 heteroatoms. The predicted octanol–water partition coefficient (Wildman–Crippen LogP) is 1.16. The highest BCUT2D eigenvalue weighted by Gasteiger charge is 2.18. The predicted molar refractivity (Wildman–Crippen MR) is 72.6 cm³/mol. The number of nitrogens with zero attached hydrogens (tertiary/aromatic N) is 1. The second kappa shape index (κ2) is 6.08. The van der Waals surface area contributed by atoms with Crippen molar-refractivity contribution in [3.8, 4) is 0 Å². The van der Waals surface area contributed by atoms with E-state index < -0.39 is 20.7 Å². The third-order valence-corrected chi connectivity index (χ3v) is 4.15. The molecule has 0 bridgehead atoms. The van der Waals surface area contributed by atoms with E-state index in [0.717, 1.165) is 6.07 Å². The van der Waals surface area contributed by atoms with E-state index in [4.69, 9.17) is 5.73 Å². The van der Waals surface area contributed by atoms with Gasteiger partial charge in [-0.3, -0.25) is 4.98 Å². The van der Waals surface area contributed by atoms with Crippen LogP contribution < -0.4 is 10.5 Å². The number of benzene rings is 1. The van der Waals surface area contributed by atoms with E-state index in [1.807, 2.05) is 0 Å². The SMILES string of the molecule is NCc1ccc(S(=O)(=O)NCc2cccnc2)c(F)c1. The fraction of sp³-hybridized carbons (Fsp3) is 0.154. The van der Waals surface area contributed by atoms with Crippen molar-refractivity contribution >= 4 is 10.0 Å². The fourth-order valence-corrected chi connectivity index (χ4v) is 2.72. The quantitative estimate of drug-likeness (QED) is 0.866. The standard InChI is InChI=1S/C13H14FN3O2S/c14-12-6-10(7-15)3-4-13(12)20(18,19)17-9-11-2-1-5-16-8-11/h1-6,8,17H,7,9,15H2. The fourth-order valence-electron chi connectivity index (χ4n) is 1.65. The number of pyridine rings is 1. The molecule has 3 N–H and O–H groups in total. The second-order valence-corrected chi connectivity index (χ2v) is 5.89. The lowest BCUT2D eigenvalue weighted by Crippen LogP contribution is -2.24. The highest BCUT2D eigenvalue weighted by Crippen LogP contribution is 2.16. The summed E-state index contributed by atoms with van der Waals surface area (Å²) in [5, 5.41) is 0. The molecule has 1 aromatic carbocycles. The van der Waals surface area contributed by atoms with E-state index in [1.165, 1.54) is 18.3 Å². The van der Waals surface area contributed by atoms with Crippen molar-refractivity contribution < 1.29 is 12.8 Å². The molecular formula is C13H14FN3O2S. The zero-order valence-electron chi connectivity index (χ0n) is 10.6. The number of aromatic nitrogens is 1. The van der Waals surface area contributed by atoms with Crippen molar-refractivity contribution in [2.24, 2.45) is 5.73 Å². The molecule has 5 nitrogen and oxygen atoms in total. The van der Waals surface area contributed by atoms with Crippen LogP contribution in [-0.4, -0.2) is 13.4 Å². The van der Waals surface area contributed by atoms with Crippen LogP contribution in [-0.2, 0) is 23.1 Å². The van der Waals surface area contributed by atoms with Crippen LogP contribution in [0.1, 0.15) is 11.1 Å². The van der Waals surface area contributed by atoms with Gasteiger partial charge in [-0.25, -0.2) is 17.5 Å². The molecule has 0 unspecified atom stereocenters. The van der Waals surface area contributed by atoms with Gasteiger partial charge in [-0.1, -0.05) is 12.1 Å². The lowest BCUT2D eigenvalue weighted by molar-refractivity contribution is 0.556. The summed E-state index contributed by atoms with van der Waals surface area (Å²) in [6.45, 7) is 0.203. The average Bonchev–Trinajstić information content (AvgIpc) is 2.46. The third kappa shape index (κ3) is 3.38. The van der Waals surface area contributed by atoms with E-state index >= 15 is 0 Å². The van der Waals surface area contributed by atoms with Crippen LogP contribution in [0.4, 0.5) is 4.39 Å². The van der Waals surface area contributed by atoms with Crippen LogP contribution in [0.25, 0.3) is 0 Å². The summed E-state index contributed by atoms with van der Waals surface area (Å²) in [5.41, 5.74) is 6.60. The van der Waals surface area contributed by atoms with E-state index in [9.17, 15) is 12.8 Å². The number of rotatable bonds is 5. The first-order valence-electron chi connectivity index (χ1n) is 5.90. The normalized spacial score (nSPS) is 11.5. The number of nitrogens with one attached hydrogen (secondary N) is 1. The van der Waals surface area contributed by atoms with E-state index in [0.29, 0.717) is 11.1 Å². The molecule has 20 heavy (non-hydrogen) atoms. The lowest BCUT2D eigenvalue weighted by Gasteiger charge is -2.08. The highest BCUT2D eigenvalue weighted by molar-refractivity contribution is 7.89. The van der Waals surface area contributed by atoms with Gasteiger partial charge in [0, 0.05) is 25.5 Å². The average molecular weight is 295 g/mol. The Kier molecular flexibility index (Phi) is 4.43. The Balaban J connectivity index is 2.18. The Bertz CT molecular complexity index is 690. The first kappa shape index (κ1) is 14.6. The van der Waals surface area contributed by atoms with E-state index in [2.05, 4.69) is 9.71 Å². The molecule has 1 heterocycles. The second-order valence-electron chi connectivity index (χ2n) is 4.15. The van der Waals surface area contributed by atoms with Crippen molar-refractivity contribution in [2.45, 2.75) is 18.0 Å². The number of sulfonamides is 1. The van der Waals surface area contributed by atoms with Gasteiger partial charge >= 0.3 is 0 Å². The molecule has 0 fully saturated rings. The Hall–Kier alpha value is -1.83. The van der Waals surface area contributed by atoms with Crippen molar-refractivity contribution in [1.82, 2.24) is 9.71 Å². The molecule has 0 aliphatic rings. The molecule has 106 valence electrons. The summed E-state index contributed by atoms with van der Waals surface area (Å²) in [6, 6.07) is 7.24. The topological polar surface area (TPSA) is 85.1 Å². The first-order valence-corrected chi connectivity index (χ1v) is 7.38. The van der Waals surface area contributed by atoms with Crippen LogP contribution in [0.15, 0.2) is 47.6 Å². The van der Waals surface area contributed by atoms with Gasteiger partial charge in [-0.05, 0) is 29.3 Å². The van der Waals surface area contributed by atoms with Gasteiger partial charge < -0.3 is 5.73 Å². The van der Waals surface area contributed by atoms with Gasteiger partial charge in [0.15, 0.2) is 0 Å². The summed E-state index contributed by atoms with van der Waals surface area (Å²) in [5.74, 6) is -0.813. The van der Waals surface area contributed by atoms with Gasteiger partial charge in [0.1, 0.15) is 10.7 Å². The monoisotopic (exact) mass is 295 g/mol. The van der Waals surface area contributed by atoms with Crippen LogP contribution >= 0.6 is 0 Å². The number of nitrogens with two attached hydrogens (primary N) is 1. The molecule has 0 saturated heterocycles. The Morgan fingerprint density at radius 2 is 2.05 bits per heavy atom. The summed E-state index contributed by atoms with van der Waals surface area (Å²) >= 11 is 0. The van der Waals surface area contributed by atoms with Crippen molar-refractivity contribution in [1.29, 1.82) is 0 Å². The molecule has 0 radical (unpaired) electrons. The Morgan fingerprint density at radius 1 is 1.25 bits per heavy atom. The molecular weight excluding hydrogens is 281 g/mol. The van der Waals surface area contributed by atoms with Crippen LogP contribution in [0, 0.1) is 5.82 Å². The first-order chi connectivity index (χ1) is 9.53. The van der Waals surface area contributed by atoms with Crippen LogP contribution in [0.3, 0.4) is 0 Å². The van der Waals surface area contributed by atoms with Crippen molar-refractivity contribution in [3.63, 3.8) is 0 Å². The van der Waals surface area contributed by atoms with Gasteiger partial charge in [0.2, 0.25) is 10.0 Å².